The van der Waals surface area contributed by atoms with E-state index >= 15 is 0 Å². The van der Waals surface area contributed by atoms with E-state index in [1.807, 2.05) is 27.7 Å². The predicted octanol–water partition coefficient (Wildman–Crippen LogP) is 11.8. The van der Waals surface area contributed by atoms with Gasteiger partial charge in [0.15, 0.2) is 0 Å². The largest absolute Gasteiger partial charge is 0.316 e. The molecule has 0 aliphatic carbocycles. The molecule has 0 unspecified atom stereocenters. The first-order valence-corrected chi connectivity index (χ1v) is 14.9. The first-order chi connectivity index (χ1) is 19.7. The monoisotopic (exact) mass is 527 g/mol. The Kier molecular flexibility index (Phi) is 12.3. The van der Waals surface area contributed by atoms with Crippen LogP contribution in [0.5, 0.6) is 0 Å². The van der Waals surface area contributed by atoms with Crippen molar-refractivity contribution < 1.29 is 0 Å². The maximum Gasteiger partial charge on any atom is 0.0534 e. The van der Waals surface area contributed by atoms with Crippen molar-refractivity contribution in [2.24, 2.45) is 0 Å². The van der Waals surface area contributed by atoms with Crippen LogP contribution in [0.3, 0.4) is 0 Å². The van der Waals surface area contributed by atoms with Gasteiger partial charge in [0.1, 0.15) is 0 Å². The fraction of sp³-hybridized carbons (Fsp3) is 0.231. The molecule has 0 atom stereocenters. The Morgan fingerprint density at radius 2 is 1.12 bits per heavy atom. The first kappa shape index (κ1) is 30.4. The van der Waals surface area contributed by atoms with Gasteiger partial charge in [0.05, 0.1) is 5.69 Å². The van der Waals surface area contributed by atoms with Crippen LogP contribution in [-0.4, -0.2) is 0 Å². The lowest BCUT2D eigenvalue weighted by Gasteiger charge is -2.25. The number of unbranched alkanes of at least 4 members (excludes halogenated alkanes) is 1. The summed E-state index contributed by atoms with van der Waals surface area (Å²) >= 11 is 0. The molecule has 5 rings (SSSR count). The second-order valence-electron chi connectivity index (χ2n) is 9.36. The molecular formula is C39H45N. The Labute approximate surface area is 242 Å². The van der Waals surface area contributed by atoms with Crippen molar-refractivity contribution in [2.45, 2.75) is 60.8 Å². The predicted molar refractivity (Wildman–Crippen MR) is 179 cm³/mol. The van der Waals surface area contributed by atoms with Gasteiger partial charge in [0.2, 0.25) is 0 Å². The van der Waals surface area contributed by atoms with Gasteiger partial charge < -0.3 is 4.90 Å². The van der Waals surface area contributed by atoms with E-state index < -0.39 is 0 Å². The quantitative estimate of drug-likeness (QED) is 0.194. The average Bonchev–Trinajstić information content (AvgIpc) is 3.04. The van der Waals surface area contributed by atoms with Gasteiger partial charge in [-0.1, -0.05) is 144 Å². The van der Waals surface area contributed by atoms with Crippen molar-refractivity contribution >= 4 is 27.7 Å². The van der Waals surface area contributed by atoms with Crippen LogP contribution in [0.15, 0.2) is 128 Å². The number of aryl methyl sites for hydroxylation is 2. The molecule has 1 heteroatoms. The lowest BCUT2D eigenvalue weighted by atomic mass is 9.98. The van der Waals surface area contributed by atoms with Crippen molar-refractivity contribution in [1.82, 2.24) is 0 Å². The zero-order valence-electron chi connectivity index (χ0n) is 25.2. The fourth-order valence-corrected chi connectivity index (χ4v) is 4.81. The molecule has 0 spiro atoms. The highest BCUT2D eigenvalue weighted by atomic mass is 15.1. The number of benzene rings is 5. The minimum absolute atomic E-state index is 1.12. The molecule has 0 aliphatic heterocycles. The minimum atomic E-state index is 1.12. The van der Waals surface area contributed by atoms with Crippen molar-refractivity contribution in [3.05, 3.63) is 150 Å². The van der Waals surface area contributed by atoms with E-state index in [1.54, 1.807) is 0 Å². The second kappa shape index (κ2) is 16.1. The van der Waals surface area contributed by atoms with Crippen LogP contribution in [0, 0.1) is 6.92 Å². The van der Waals surface area contributed by atoms with Gasteiger partial charge in [-0.05, 0) is 65.6 Å². The third-order valence-corrected chi connectivity index (χ3v) is 6.84. The maximum absolute atomic E-state index is 2.36. The SMILES string of the molecule is CC.CC.CCCCc1ccc(N(C=C(c2ccccc2)c2ccccc2)c2ccc(C)c3ccccc23)cc1. The van der Waals surface area contributed by atoms with Crippen LogP contribution in [0.1, 0.15) is 69.7 Å². The summed E-state index contributed by atoms with van der Waals surface area (Å²) in [6.45, 7) is 12.4. The summed E-state index contributed by atoms with van der Waals surface area (Å²) in [6, 6.07) is 43.7. The van der Waals surface area contributed by atoms with E-state index in [9.17, 15) is 0 Å². The van der Waals surface area contributed by atoms with Gasteiger partial charge in [-0.3, -0.25) is 0 Å². The third-order valence-electron chi connectivity index (χ3n) is 6.84. The zero-order chi connectivity index (χ0) is 28.7. The van der Waals surface area contributed by atoms with E-state index in [0.29, 0.717) is 0 Å². The molecule has 0 saturated carbocycles. The van der Waals surface area contributed by atoms with E-state index in [1.165, 1.54) is 57.1 Å². The normalized spacial score (nSPS) is 10.1. The van der Waals surface area contributed by atoms with E-state index in [-0.39, 0.29) is 0 Å². The average molecular weight is 528 g/mol. The smallest absolute Gasteiger partial charge is 0.0534 e. The highest BCUT2D eigenvalue weighted by molar-refractivity contribution is 5.99. The Hall–Kier alpha value is -4.10. The summed E-state index contributed by atoms with van der Waals surface area (Å²) < 4.78 is 0. The number of fused-ring (bicyclic) bond motifs is 1. The fourth-order valence-electron chi connectivity index (χ4n) is 4.81. The Balaban J connectivity index is 0.00000106. The lowest BCUT2D eigenvalue weighted by molar-refractivity contribution is 0.795. The van der Waals surface area contributed by atoms with Crippen LogP contribution >= 0.6 is 0 Å². The maximum atomic E-state index is 2.36. The molecule has 0 radical (unpaired) electrons. The highest BCUT2D eigenvalue weighted by Crippen LogP contribution is 2.37. The standard InChI is InChI=1S/C35H33N.2C2H6/c1-3-4-13-28-21-23-31(24-22-28)36(35-25-20-27(2)32-18-11-12-19-33(32)35)26-34(29-14-7-5-8-15-29)30-16-9-6-10-17-30;2*1-2/h5-12,14-26H,3-4,13H2,1-2H3;2*1-2H3. The zero-order valence-corrected chi connectivity index (χ0v) is 25.2. The summed E-state index contributed by atoms with van der Waals surface area (Å²) in [5, 5.41) is 2.54. The number of rotatable bonds is 8. The van der Waals surface area contributed by atoms with E-state index in [4.69, 9.17) is 0 Å². The topological polar surface area (TPSA) is 3.24 Å². The molecule has 206 valence electrons. The highest BCUT2D eigenvalue weighted by Gasteiger charge is 2.15. The van der Waals surface area contributed by atoms with Crippen molar-refractivity contribution in [2.75, 3.05) is 4.90 Å². The van der Waals surface area contributed by atoms with Gasteiger partial charge in [-0.15, -0.1) is 0 Å². The Morgan fingerprint density at radius 1 is 0.600 bits per heavy atom. The molecule has 0 bridgehead atoms. The second-order valence-corrected chi connectivity index (χ2v) is 9.36. The van der Waals surface area contributed by atoms with Crippen LogP contribution in [0.4, 0.5) is 11.4 Å². The summed E-state index contributed by atoms with van der Waals surface area (Å²) in [5.74, 6) is 0. The third kappa shape index (κ3) is 7.51. The van der Waals surface area contributed by atoms with Crippen LogP contribution < -0.4 is 4.90 Å². The number of anilines is 2. The molecule has 0 fully saturated rings. The summed E-state index contributed by atoms with van der Waals surface area (Å²) in [7, 11) is 0. The van der Waals surface area contributed by atoms with Gasteiger partial charge in [-0.2, -0.15) is 0 Å². The van der Waals surface area contributed by atoms with E-state index in [0.717, 1.165) is 12.1 Å². The molecule has 0 aliphatic rings. The van der Waals surface area contributed by atoms with Crippen molar-refractivity contribution in [3.63, 3.8) is 0 Å². The summed E-state index contributed by atoms with van der Waals surface area (Å²) in [4.78, 5) is 2.36. The van der Waals surface area contributed by atoms with Crippen LogP contribution in [0.2, 0.25) is 0 Å². The van der Waals surface area contributed by atoms with Crippen LogP contribution in [0.25, 0.3) is 16.3 Å². The molecule has 1 nitrogen and oxygen atoms in total. The van der Waals surface area contributed by atoms with Gasteiger partial charge in [0, 0.05) is 22.8 Å². The lowest BCUT2D eigenvalue weighted by Crippen LogP contribution is -2.11. The molecule has 0 saturated heterocycles. The van der Waals surface area contributed by atoms with E-state index in [2.05, 4.69) is 146 Å². The van der Waals surface area contributed by atoms with Gasteiger partial charge in [-0.25, -0.2) is 0 Å². The number of hydrogen-bond donors (Lipinski definition) is 0. The molecule has 0 N–H and O–H groups in total. The molecule has 0 aromatic heterocycles. The van der Waals surface area contributed by atoms with Gasteiger partial charge in [0.25, 0.3) is 0 Å². The minimum Gasteiger partial charge on any atom is -0.316 e. The molecule has 5 aromatic carbocycles. The molecular weight excluding hydrogens is 482 g/mol. The summed E-state index contributed by atoms with van der Waals surface area (Å²) in [6.07, 6.45) is 5.86. The Morgan fingerprint density at radius 3 is 1.68 bits per heavy atom. The molecule has 5 aromatic rings. The summed E-state index contributed by atoms with van der Waals surface area (Å²) in [5.41, 5.74) is 8.62. The van der Waals surface area contributed by atoms with Crippen molar-refractivity contribution in [1.29, 1.82) is 0 Å². The molecule has 0 heterocycles. The number of nitrogens with zero attached hydrogens (tertiary/aromatic N) is 1. The first-order valence-electron chi connectivity index (χ1n) is 14.9. The number of hydrogen-bond acceptors (Lipinski definition) is 1. The molecule has 40 heavy (non-hydrogen) atoms. The Bertz CT molecular complexity index is 1410. The molecule has 0 amide bonds. The van der Waals surface area contributed by atoms with Crippen LogP contribution in [-0.2, 0) is 6.42 Å². The van der Waals surface area contributed by atoms with Crippen molar-refractivity contribution in [3.8, 4) is 0 Å². The van der Waals surface area contributed by atoms with Gasteiger partial charge >= 0.3 is 0 Å².